The topological polar surface area (TPSA) is 28.2 Å². The van der Waals surface area contributed by atoms with Crippen LogP contribution in [0.25, 0.3) is 11.3 Å². The van der Waals surface area contributed by atoms with E-state index in [4.69, 9.17) is 11.6 Å². The fourth-order valence-corrected chi connectivity index (χ4v) is 4.23. The average molecular weight is 328 g/mol. The summed E-state index contributed by atoms with van der Waals surface area (Å²) in [5.74, 6) is 0.794. The summed E-state index contributed by atoms with van der Waals surface area (Å²) >= 11 is 6.06. The first-order valence-corrected chi connectivity index (χ1v) is 8.81. The first-order valence-electron chi connectivity index (χ1n) is 8.43. The molecule has 0 saturated carbocycles. The van der Waals surface area contributed by atoms with Crippen molar-refractivity contribution >= 4 is 17.3 Å². The normalized spacial score (nSPS) is 29.5. The molecule has 1 aromatic heterocycles. The molecule has 3 aliphatic rings. The van der Waals surface area contributed by atoms with Crippen LogP contribution in [-0.4, -0.2) is 35.1 Å². The minimum absolute atomic E-state index is 0.538. The minimum atomic E-state index is 0.538. The van der Waals surface area contributed by atoms with Crippen LogP contribution in [0.4, 0.5) is 5.69 Å². The highest BCUT2D eigenvalue weighted by Gasteiger charge is 2.39. The average Bonchev–Trinajstić information content (AvgIpc) is 2.59. The number of hydrogen-bond acceptors (Lipinski definition) is 3. The standard InChI is InChI=1S/C19H22ClN3/c1-13-19(14-7-9-23(13)10-8-14)22-17-5-6-18(21-12-17)15-3-2-4-16(20)11-15/h2-6,11-14,19,22H,7-10H2,1H3/t13-,19-/m1/s1. The van der Waals surface area contributed by atoms with Gasteiger partial charge in [-0.05, 0) is 63.0 Å². The second-order valence-electron chi connectivity index (χ2n) is 6.73. The Balaban J connectivity index is 1.50. The van der Waals surface area contributed by atoms with Crippen LogP contribution in [0.5, 0.6) is 0 Å². The quantitative estimate of drug-likeness (QED) is 0.911. The van der Waals surface area contributed by atoms with Crippen molar-refractivity contribution < 1.29 is 0 Å². The largest absolute Gasteiger partial charge is 0.379 e. The summed E-state index contributed by atoms with van der Waals surface area (Å²) in [4.78, 5) is 7.21. The Bertz CT molecular complexity index is 675. The van der Waals surface area contributed by atoms with Crippen LogP contribution < -0.4 is 5.32 Å². The second kappa shape index (κ2) is 6.14. The zero-order chi connectivity index (χ0) is 15.8. The van der Waals surface area contributed by atoms with Crippen LogP contribution >= 0.6 is 11.6 Å². The Morgan fingerprint density at radius 1 is 1.17 bits per heavy atom. The highest BCUT2D eigenvalue weighted by Crippen LogP contribution is 2.34. The van der Waals surface area contributed by atoms with Gasteiger partial charge in [-0.3, -0.25) is 9.88 Å². The molecule has 1 N–H and O–H groups in total. The lowest BCUT2D eigenvalue weighted by Crippen LogP contribution is -2.59. The van der Waals surface area contributed by atoms with E-state index in [-0.39, 0.29) is 0 Å². The molecule has 1 aromatic carbocycles. The third kappa shape index (κ3) is 2.96. The lowest BCUT2D eigenvalue weighted by molar-refractivity contribution is 0.0458. The van der Waals surface area contributed by atoms with Crippen molar-refractivity contribution in [3.63, 3.8) is 0 Å². The number of pyridine rings is 1. The third-order valence-corrected chi connectivity index (χ3v) is 5.63. The predicted molar refractivity (Wildman–Crippen MR) is 95.9 cm³/mol. The Labute approximate surface area is 142 Å². The zero-order valence-electron chi connectivity index (χ0n) is 13.4. The van der Waals surface area contributed by atoms with Crippen LogP contribution in [0, 0.1) is 5.92 Å². The minimum Gasteiger partial charge on any atom is -0.379 e. The van der Waals surface area contributed by atoms with Gasteiger partial charge in [0.05, 0.1) is 17.6 Å². The van der Waals surface area contributed by atoms with Gasteiger partial charge in [0.1, 0.15) is 0 Å². The highest BCUT2D eigenvalue weighted by molar-refractivity contribution is 6.30. The lowest BCUT2D eigenvalue weighted by Gasteiger charge is -2.50. The Morgan fingerprint density at radius 3 is 2.65 bits per heavy atom. The summed E-state index contributed by atoms with van der Waals surface area (Å²) in [5.41, 5.74) is 3.13. The van der Waals surface area contributed by atoms with Crippen LogP contribution in [0.2, 0.25) is 5.02 Å². The van der Waals surface area contributed by atoms with E-state index < -0.39 is 0 Å². The molecule has 23 heavy (non-hydrogen) atoms. The fourth-order valence-electron chi connectivity index (χ4n) is 4.04. The molecule has 0 radical (unpaired) electrons. The van der Waals surface area contributed by atoms with Crippen molar-refractivity contribution in [1.82, 2.24) is 9.88 Å². The van der Waals surface area contributed by atoms with E-state index in [0.717, 1.165) is 27.9 Å². The predicted octanol–water partition coefficient (Wildman–Crippen LogP) is 4.30. The van der Waals surface area contributed by atoms with Gasteiger partial charge < -0.3 is 5.32 Å². The van der Waals surface area contributed by atoms with Crippen molar-refractivity contribution in [1.29, 1.82) is 0 Å². The van der Waals surface area contributed by atoms with Gasteiger partial charge in [-0.2, -0.15) is 0 Å². The number of piperidine rings is 3. The van der Waals surface area contributed by atoms with Crippen LogP contribution in [-0.2, 0) is 0 Å². The third-order valence-electron chi connectivity index (χ3n) is 5.39. The van der Waals surface area contributed by atoms with Gasteiger partial charge in [-0.25, -0.2) is 0 Å². The summed E-state index contributed by atoms with van der Waals surface area (Å²) in [6.45, 7) is 4.86. The number of halogens is 1. The van der Waals surface area contributed by atoms with Crippen molar-refractivity contribution in [3.8, 4) is 11.3 Å². The smallest absolute Gasteiger partial charge is 0.0704 e. The Hall–Kier alpha value is -1.58. The molecule has 0 amide bonds. The molecule has 2 aromatic rings. The van der Waals surface area contributed by atoms with E-state index in [1.54, 1.807) is 0 Å². The van der Waals surface area contributed by atoms with Gasteiger partial charge in [0.15, 0.2) is 0 Å². The Kier molecular flexibility index (Phi) is 4.00. The summed E-state index contributed by atoms with van der Waals surface area (Å²) in [5, 5.41) is 4.47. The molecular formula is C19H22ClN3. The van der Waals surface area contributed by atoms with Crippen molar-refractivity contribution in [2.24, 2.45) is 5.92 Å². The highest BCUT2D eigenvalue weighted by atomic mass is 35.5. The van der Waals surface area contributed by atoms with Crippen LogP contribution in [0.1, 0.15) is 19.8 Å². The summed E-state index contributed by atoms with van der Waals surface area (Å²) in [6, 6.07) is 13.2. The molecule has 4 heterocycles. The molecule has 3 nitrogen and oxygen atoms in total. The molecule has 2 bridgehead atoms. The molecular weight excluding hydrogens is 306 g/mol. The van der Waals surface area contributed by atoms with E-state index in [1.165, 1.54) is 25.9 Å². The van der Waals surface area contributed by atoms with Crippen molar-refractivity contribution in [3.05, 3.63) is 47.6 Å². The van der Waals surface area contributed by atoms with E-state index in [2.05, 4.69) is 34.3 Å². The monoisotopic (exact) mass is 327 g/mol. The molecule has 3 saturated heterocycles. The summed E-state index contributed by atoms with van der Waals surface area (Å²) < 4.78 is 0. The van der Waals surface area contributed by atoms with Crippen LogP contribution in [0.3, 0.4) is 0 Å². The van der Waals surface area contributed by atoms with Gasteiger partial charge in [0.2, 0.25) is 0 Å². The van der Waals surface area contributed by atoms with Crippen molar-refractivity contribution in [2.45, 2.75) is 31.8 Å². The van der Waals surface area contributed by atoms with E-state index >= 15 is 0 Å². The molecule has 4 heteroatoms. The molecule has 120 valence electrons. The first-order chi connectivity index (χ1) is 11.2. The molecule has 3 fully saturated rings. The van der Waals surface area contributed by atoms with E-state index in [1.807, 2.05) is 30.5 Å². The number of nitrogens with zero attached hydrogens (tertiary/aromatic N) is 2. The van der Waals surface area contributed by atoms with E-state index in [9.17, 15) is 0 Å². The number of fused-ring (bicyclic) bond motifs is 3. The van der Waals surface area contributed by atoms with Gasteiger partial charge in [0.25, 0.3) is 0 Å². The summed E-state index contributed by atoms with van der Waals surface area (Å²) in [6.07, 6.45) is 4.58. The molecule has 0 aliphatic carbocycles. The SMILES string of the molecule is C[C@@H]1[C@@H](Nc2ccc(-c3cccc(Cl)c3)nc2)C2CCN1CC2. The molecule has 5 rings (SSSR count). The molecule has 0 unspecified atom stereocenters. The maximum atomic E-state index is 6.06. The van der Waals surface area contributed by atoms with Crippen molar-refractivity contribution in [2.75, 3.05) is 18.4 Å². The van der Waals surface area contributed by atoms with Gasteiger partial charge in [0, 0.05) is 22.7 Å². The van der Waals surface area contributed by atoms with E-state index in [0.29, 0.717) is 12.1 Å². The van der Waals surface area contributed by atoms with Gasteiger partial charge in [-0.1, -0.05) is 23.7 Å². The lowest BCUT2D eigenvalue weighted by atomic mass is 9.79. The number of aromatic nitrogens is 1. The first kappa shape index (κ1) is 15.0. The maximum Gasteiger partial charge on any atom is 0.0704 e. The zero-order valence-corrected chi connectivity index (χ0v) is 14.1. The molecule has 3 aliphatic heterocycles. The fraction of sp³-hybridized carbons (Fsp3) is 0.421. The second-order valence-corrected chi connectivity index (χ2v) is 7.16. The number of anilines is 1. The number of rotatable bonds is 3. The molecule has 0 spiro atoms. The number of nitrogens with one attached hydrogen (secondary N) is 1. The number of benzene rings is 1. The summed E-state index contributed by atoms with van der Waals surface area (Å²) in [7, 11) is 0. The Morgan fingerprint density at radius 2 is 2.00 bits per heavy atom. The number of hydrogen-bond donors (Lipinski definition) is 1. The van der Waals surface area contributed by atoms with Gasteiger partial charge in [-0.15, -0.1) is 0 Å². The van der Waals surface area contributed by atoms with Gasteiger partial charge >= 0.3 is 0 Å². The van der Waals surface area contributed by atoms with Crippen LogP contribution in [0.15, 0.2) is 42.6 Å². The maximum absolute atomic E-state index is 6.06. The molecule has 2 atom stereocenters.